The Morgan fingerprint density at radius 2 is 2.00 bits per heavy atom. The lowest BCUT2D eigenvalue weighted by molar-refractivity contribution is 0.668. The van der Waals surface area contributed by atoms with Gasteiger partial charge in [-0.25, -0.2) is 0 Å². The minimum atomic E-state index is 1.21. The normalized spacial score (nSPS) is 11.1. The van der Waals surface area contributed by atoms with Crippen LogP contribution in [0.25, 0.3) is 10.9 Å². The van der Waals surface area contributed by atoms with E-state index in [1.54, 1.807) is 0 Å². The minimum absolute atomic E-state index is 1.21. The minimum Gasteiger partial charge on any atom is -0.361 e. The molecule has 1 N–H and O–H groups in total. The highest BCUT2D eigenvalue weighted by Crippen LogP contribution is 2.23. The summed E-state index contributed by atoms with van der Waals surface area (Å²) in [5.74, 6) is 0. The second kappa shape index (κ2) is 5.20. The summed E-state index contributed by atoms with van der Waals surface area (Å²) in [6.45, 7) is 4.46. The fourth-order valence-corrected chi connectivity index (χ4v) is 2.39. The molecule has 0 radical (unpaired) electrons. The molecule has 1 heterocycles. The fourth-order valence-electron chi connectivity index (χ4n) is 2.39. The highest BCUT2D eigenvalue weighted by molar-refractivity contribution is 5.86. The van der Waals surface area contributed by atoms with Gasteiger partial charge in [-0.2, -0.15) is 0 Å². The first-order chi connectivity index (χ1) is 7.83. The predicted molar refractivity (Wildman–Crippen MR) is 70.9 cm³/mol. The number of nitrogens with one attached hydrogen (secondary N) is 1. The van der Waals surface area contributed by atoms with Gasteiger partial charge >= 0.3 is 0 Å². The fraction of sp³-hybridized carbons (Fsp3) is 0.467. The van der Waals surface area contributed by atoms with Gasteiger partial charge in [-0.3, -0.25) is 0 Å². The number of hydrogen-bond acceptors (Lipinski definition) is 0. The van der Waals surface area contributed by atoms with E-state index in [0.29, 0.717) is 0 Å². The average molecular weight is 215 g/mol. The summed E-state index contributed by atoms with van der Waals surface area (Å²) in [5.41, 5.74) is 4.17. The molecule has 0 saturated carbocycles. The van der Waals surface area contributed by atoms with Crippen LogP contribution in [-0.2, 0) is 6.42 Å². The second-order valence-electron chi connectivity index (χ2n) is 4.62. The van der Waals surface area contributed by atoms with Gasteiger partial charge in [-0.05, 0) is 37.0 Å². The zero-order valence-electron chi connectivity index (χ0n) is 10.3. The van der Waals surface area contributed by atoms with E-state index in [9.17, 15) is 0 Å². The third kappa shape index (κ3) is 2.29. The molecule has 0 aliphatic heterocycles. The molecule has 86 valence electrons. The predicted octanol–water partition coefficient (Wildman–Crippen LogP) is 4.60. The molecule has 1 aromatic heterocycles. The molecule has 1 aromatic carbocycles. The summed E-state index contributed by atoms with van der Waals surface area (Å²) >= 11 is 0. The van der Waals surface area contributed by atoms with Crippen LogP contribution in [0.4, 0.5) is 0 Å². The van der Waals surface area contributed by atoms with Crippen molar-refractivity contribution in [3.63, 3.8) is 0 Å². The molecule has 1 heteroatoms. The number of benzene rings is 1. The summed E-state index contributed by atoms with van der Waals surface area (Å²) in [6, 6.07) is 6.48. The molecule has 2 rings (SSSR count). The van der Waals surface area contributed by atoms with Crippen molar-refractivity contribution in [2.24, 2.45) is 0 Å². The van der Waals surface area contributed by atoms with E-state index in [1.165, 1.54) is 54.1 Å². The second-order valence-corrected chi connectivity index (χ2v) is 4.62. The molecule has 0 aliphatic carbocycles. The highest BCUT2D eigenvalue weighted by atomic mass is 14.7. The Bertz CT molecular complexity index is 453. The van der Waals surface area contributed by atoms with Crippen LogP contribution < -0.4 is 0 Å². The largest absolute Gasteiger partial charge is 0.361 e. The van der Waals surface area contributed by atoms with E-state index in [0.717, 1.165) is 0 Å². The van der Waals surface area contributed by atoms with Gasteiger partial charge in [0.2, 0.25) is 0 Å². The van der Waals surface area contributed by atoms with E-state index < -0.39 is 0 Å². The Kier molecular flexibility index (Phi) is 3.66. The third-order valence-electron chi connectivity index (χ3n) is 3.30. The topological polar surface area (TPSA) is 15.8 Å². The number of fused-ring (bicyclic) bond motifs is 1. The first-order valence-electron chi connectivity index (χ1n) is 6.38. The van der Waals surface area contributed by atoms with E-state index in [2.05, 4.69) is 43.2 Å². The van der Waals surface area contributed by atoms with Crippen LogP contribution in [0.15, 0.2) is 24.4 Å². The number of aromatic nitrogens is 1. The Morgan fingerprint density at radius 1 is 1.12 bits per heavy atom. The van der Waals surface area contributed by atoms with Crippen LogP contribution >= 0.6 is 0 Å². The van der Waals surface area contributed by atoms with Gasteiger partial charge in [0.05, 0.1) is 0 Å². The van der Waals surface area contributed by atoms with Crippen LogP contribution in [0.1, 0.15) is 43.7 Å². The van der Waals surface area contributed by atoms with Crippen molar-refractivity contribution in [2.75, 3.05) is 0 Å². The van der Waals surface area contributed by atoms with Crippen molar-refractivity contribution in [1.82, 2.24) is 4.98 Å². The molecule has 0 aliphatic rings. The van der Waals surface area contributed by atoms with Crippen molar-refractivity contribution in [1.29, 1.82) is 0 Å². The van der Waals surface area contributed by atoms with Crippen molar-refractivity contribution < 1.29 is 0 Å². The van der Waals surface area contributed by atoms with Crippen LogP contribution in [0.5, 0.6) is 0 Å². The maximum atomic E-state index is 3.37. The number of aromatic amines is 1. The molecular weight excluding hydrogens is 194 g/mol. The molecule has 0 fully saturated rings. The summed E-state index contributed by atoms with van der Waals surface area (Å²) < 4.78 is 0. The Balaban J connectivity index is 2.12. The maximum absolute atomic E-state index is 3.37. The molecule has 0 bridgehead atoms. The zero-order chi connectivity index (χ0) is 11.4. The molecule has 2 aromatic rings. The smallest absolute Gasteiger partial charge is 0.0459 e. The molecule has 0 amide bonds. The maximum Gasteiger partial charge on any atom is 0.0459 e. The lowest BCUT2D eigenvalue weighted by Gasteiger charge is -2.02. The van der Waals surface area contributed by atoms with E-state index in [4.69, 9.17) is 0 Å². The van der Waals surface area contributed by atoms with Crippen molar-refractivity contribution in [2.45, 2.75) is 46.0 Å². The Morgan fingerprint density at radius 3 is 2.81 bits per heavy atom. The third-order valence-corrected chi connectivity index (χ3v) is 3.30. The standard InChI is InChI=1S/C15H21N/c1-3-4-5-6-9-13-11-16-14-10-7-8-12(2)15(13)14/h7-8,10-11,16H,3-6,9H2,1-2H3. The van der Waals surface area contributed by atoms with Crippen LogP contribution in [0, 0.1) is 6.92 Å². The van der Waals surface area contributed by atoms with Gasteiger partial charge in [-0.15, -0.1) is 0 Å². The molecule has 0 atom stereocenters. The SMILES string of the molecule is CCCCCCc1c[nH]c2cccc(C)c12. The molecule has 1 nitrogen and oxygen atoms in total. The van der Waals surface area contributed by atoms with Gasteiger partial charge in [0.15, 0.2) is 0 Å². The van der Waals surface area contributed by atoms with Gasteiger partial charge in [0.1, 0.15) is 0 Å². The molecule has 0 spiro atoms. The van der Waals surface area contributed by atoms with Crippen LogP contribution in [0.2, 0.25) is 0 Å². The lowest BCUT2D eigenvalue weighted by atomic mass is 10.0. The Labute approximate surface area is 97.9 Å². The number of rotatable bonds is 5. The van der Waals surface area contributed by atoms with Crippen molar-refractivity contribution in [3.05, 3.63) is 35.5 Å². The van der Waals surface area contributed by atoms with Crippen LogP contribution in [0.3, 0.4) is 0 Å². The zero-order valence-corrected chi connectivity index (χ0v) is 10.3. The quantitative estimate of drug-likeness (QED) is 0.702. The number of aryl methyl sites for hydroxylation is 2. The summed E-state index contributed by atoms with van der Waals surface area (Å²) in [6.07, 6.45) is 8.74. The number of hydrogen-bond donors (Lipinski definition) is 1. The first kappa shape index (κ1) is 11.3. The molecule has 0 saturated heterocycles. The summed E-state index contributed by atoms with van der Waals surface area (Å²) in [4.78, 5) is 3.37. The average Bonchev–Trinajstić information content (AvgIpc) is 2.69. The van der Waals surface area contributed by atoms with E-state index >= 15 is 0 Å². The van der Waals surface area contributed by atoms with Gasteiger partial charge in [-0.1, -0.05) is 38.3 Å². The van der Waals surface area contributed by atoms with E-state index in [-0.39, 0.29) is 0 Å². The molecular formula is C15H21N. The van der Waals surface area contributed by atoms with Gasteiger partial charge < -0.3 is 4.98 Å². The highest BCUT2D eigenvalue weighted by Gasteiger charge is 2.05. The molecule has 0 unspecified atom stereocenters. The monoisotopic (exact) mass is 215 g/mol. The van der Waals surface area contributed by atoms with Crippen LogP contribution in [-0.4, -0.2) is 4.98 Å². The molecule has 16 heavy (non-hydrogen) atoms. The van der Waals surface area contributed by atoms with Crippen molar-refractivity contribution >= 4 is 10.9 Å². The van der Waals surface area contributed by atoms with E-state index in [1.807, 2.05) is 0 Å². The van der Waals surface area contributed by atoms with Gasteiger partial charge in [0.25, 0.3) is 0 Å². The summed E-state index contributed by atoms with van der Waals surface area (Å²) in [5, 5.41) is 1.44. The number of unbranched alkanes of at least 4 members (excludes halogenated alkanes) is 3. The van der Waals surface area contributed by atoms with Gasteiger partial charge in [0, 0.05) is 17.1 Å². The van der Waals surface area contributed by atoms with Crippen molar-refractivity contribution in [3.8, 4) is 0 Å². The number of H-pyrrole nitrogens is 1. The lowest BCUT2D eigenvalue weighted by Crippen LogP contribution is -1.85. The first-order valence-corrected chi connectivity index (χ1v) is 6.38. The summed E-state index contributed by atoms with van der Waals surface area (Å²) in [7, 11) is 0. The Hall–Kier alpha value is -1.24.